The highest BCUT2D eigenvalue weighted by Crippen LogP contribution is 2.18. The third-order valence-corrected chi connectivity index (χ3v) is 3.03. The van der Waals surface area contributed by atoms with Gasteiger partial charge >= 0.3 is 6.03 Å². The van der Waals surface area contributed by atoms with Gasteiger partial charge in [0.05, 0.1) is 19.3 Å². The normalized spacial score (nSPS) is 23.0. The molecule has 0 saturated carbocycles. The fourth-order valence-corrected chi connectivity index (χ4v) is 2.25. The molecule has 19 heavy (non-hydrogen) atoms. The van der Waals surface area contributed by atoms with Crippen molar-refractivity contribution in [1.29, 1.82) is 0 Å². The lowest BCUT2D eigenvalue weighted by atomic mass is 10.2. The van der Waals surface area contributed by atoms with E-state index in [4.69, 9.17) is 9.47 Å². The lowest BCUT2D eigenvalue weighted by molar-refractivity contribution is -0.0530. The van der Waals surface area contributed by atoms with E-state index in [1.165, 1.54) is 0 Å². The van der Waals surface area contributed by atoms with Crippen LogP contribution in [0.4, 0.5) is 10.5 Å². The summed E-state index contributed by atoms with van der Waals surface area (Å²) >= 11 is 0. The number of methoxy groups -OCH3 is 1. The van der Waals surface area contributed by atoms with Gasteiger partial charge in [0.2, 0.25) is 0 Å². The van der Waals surface area contributed by atoms with Gasteiger partial charge in [-0.05, 0) is 26.0 Å². The Balaban J connectivity index is 2.00. The van der Waals surface area contributed by atoms with E-state index in [1.54, 1.807) is 18.1 Å². The molecular weight excluding hydrogens is 244 g/mol. The summed E-state index contributed by atoms with van der Waals surface area (Å²) in [4.78, 5) is 14.0. The first kappa shape index (κ1) is 13.7. The molecule has 1 fully saturated rings. The number of morpholine rings is 1. The summed E-state index contributed by atoms with van der Waals surface area (Å²) in [6.45, 7) is 5.17. The summed E-state index contributed by atoms with van der Waals surface area (Å²) in [6, 6.07) is 7.22. The average Bonchev–Trinajstić information content (AvgIpc) is 2.37. The second-order valence-electron chi connectivity index (χ2n) is 4.82. The quantitative estimate of drug-likeness (QED) is 0.892. The monoisotopic (exact) mass is 264 g/mol. The van der Waals surface area contributed by atoms with Crippen LogP contribution < -0.4 is 10.1 Å². The van der Waals surface area contributed by atoms with Crippen LogP contribution in [-0.2, 0) is 4.74 Å². The Morgan fingerprint density at radius 3 is 2.68 bits per heavy atom. The van der Waals surface area contributed by atoms with Gasteiger partial charge in [0.25, 0.3) is 0 Å². The zero-order valence-corrected chi connectivity index (χ0v) is 11.6. The minimum Gasteiger partial charge on any atom is -0.497 e. The number of rotatable bonds is 2. The maximum Gasteiger partial charge on any atom is 0.322 e. The number of benzene rings is 1. The first-order chi connectivity index (χ1) is 9.08. The zero-order chi connectivity index (χ0) is 13.8. The molecule has 0 radical (unpaired) electrons. The summed E-state index contributed by atoms with van der Waals surface area (Å²) in [5.74, 6) is 0.724. The summed E-state index contributed by atoms with van der Waals surface area (Å²) in [5.41, 5.74) is 0.733. The molecule has 1 aliphatic heterocycles. The van der Waals surface area contributed by atoms with Gasteiger partial charge in [0, 0.05) is 24.8 Å². The second kappa shape index (κ2) is 5.93. The Kier molecular flexibility index (Phi) is 4.27. The predicted octanol–water partition coefficient (Wildman–Crippen LogP) is 2.34. The molecule has 2 amide bonds. The van der Waals surface area contributed by atoms with E-state index >= 15 is 0 Å². The number of anilines is 1. The van der Waals surface area contributed by atoms with E-state index in [0.717, 1.165) is 11.4 Å². The van der Waals surface area contributed by atoms with Crippen LogP contribution in [0.25, 0.3) is 0 Å². The zero-order valence-electron chi connectivity index (χ0n) is 11.6. The van der Waals surface area contributed by atoms with Crippen molar-refractivity contribution in [1.82, 2.24) is 4.90 Å². The van der Waals surface area contributed by atoms with Crippen molar-refractivity contribution in [3.8, 4) is 5.75 Å². The van der Waals surface area contributed by atoms with Gasteiger partial charge < -0.3 is 19.7 Å². The highest BCUT2D eigenvalue weighted by Gasteiger charge is 2.25. The van der Waals surface area contributed by atoms with Crippen molar-refractivity contribution >= 4 is 11.7 Å². The van der Waals surface area contributed by atoms with Crippen LogP contribution in [-0.4, -0.2) is 43.3 Å². The fraction of sp³-hybridized carbons (Fsp3) is 0.500. The number of urea groups is 1. The molecule has 1 N–H and O–H groups in total. The van der Waals surface area contributed by atoms with Crippen LogP contribution in [0.15, 0.2) is 24.3 Å². The van der Waals surface area contributed by atoms with Crippen molar-refractivity contribution in [2.75, 3.05) is 25.5 Å². The first-order valence-corrected chi connectivity index (χ1v) is 6.44. The Morgan fingerprint density at radius 1 is 1.37 bits per heavy atom. The Morgan fingerprint density at radius 2 is 2.05 bits per heavy atom. The summed E-state index contributed by atoms with van der Waals surface area (Å²) in [6.07, 6.45) is 0.139. The van der Waals surface area contributed by atoms with Crippen LogP contribution in [0.2, 0.25) is 0 Å². The van der Waals surface area contributed by atoms with Gasteiger partial charge in [-0.25, -0.2) is 4.79 Å². The van der Waals surface area contributed by atoms with Gasteiger partial charge in [0.1, 0.15) is 5.75 Å². The van der Waals surface area contributed by atoms with Crippen molar-refractivity contribution in [3.63, 3.8) is 0 Å². The smallest absolute Gasteiger partial charge is 0.322 e. The van der Waals surface area contributed by atoms with Gasteiger partial charge in [-0.15, -0.1) is 0 Å². The van der Waals surface area contributed by atoms with Crippen molar-refractivity contribution < 1.29 is 14.3 Å². The number of nitrogens with zero attached hydrogens (tertiary/aromatic N) is 1. The molecule has 0 aromatic heterocycles. The molecule has 5 heteroatoms. The number of hydrogen-bond acceptors (Lipinski definition) is 3. The molecule has 0 aliphatic carbocycles. The lowest BCUT2D eigenvalue weighted by Crippen LogP contribution is -2.49. The van der Waals surface area contributed by atoms with Crippen LogP contribution in [0.3, 0.4) is 0 Å². The molecule has 1 aromatic rings. The van der Waals surface area contributed by atoms with E-state index in [9.17, 15) is 4.79 Å². The molecule has 104 valence electrons. The maximum atomic E-state index is 12.2. The van der Waals surface area contributed by atoms with Crippen LogP contribution >= 0.6 is 0 Å². The summed E-state index contributed by atoms with van der Waals surface area (Å²) < 4.78 is 10.7. The Hall–Kier alpha value is -1.75. The van der Waals surface area contributed by atoms with Crippen LogP contribution in [0.1, 0.15) is 13.8 Å². The second-order valence-corrected chi connectivity index (χ2v) is 4.82. The number of amides is 2. The van der Waals surface area contributed by atoms with Gasteiger partial charge in [-0.1, -0.05) is 6.07 Å². The number of carbonyl (C=O) groups excluding carboxylic acids is 1. The van der Waals surface area contributed by atoms with Crippen molar-refractivity contribution in [2.45, 2.75) is 26.1 Å². The molecule has 0 bridgehead atoms. The minimum atomic E-state index is -0.102. The Labute approximate surface area is 113 Å². The largest absolute Gasteiger partial charge is 0.497 e. The van der Waals surface area contributed by atoms with E-state index in [1.807, 2.05) is 32.0 Å². The SMILES string of the molecule is COc1cccc(NC(=O)N2C[C@@H](C)O[C@@H](C)C2)c1. The van der Waals surface area contributed by atoms with Gasteiger partial charge in [-0.3, -0.25) is 0 Å². The lowest BCUT2D eigenvalue weighted by Gasteiger charge is -2.35. The van der Waals surface area contributed by atoms with Gasteiger partial charge in [-0.2, -0.15) is 0 Å². The van der Waals surface area contributed by atoms with Gasteiger partial charge in [0.15, 0.2) is 0 Å². The number of nitrogens with one attached hydrogen (secondary N) is 1. The van der Waals surface area contributed by atoms with E-state index in [-0.39, 0.29) is 18.2 Å². The number of carbonyl (C=O) groups is 1. The van der Waals surface area contributed by atoms with Crippen LogP contribution in [0.5, 0.6) is 5.75 Å². The summed E-state index contributed by atoms with van der Waals surface area (Å²) in [5, 5.41) is 2.88. The molecule has 2 atom stereocenters. The molecule has 2 rings (SSSR count). The predicted molar refractivity (Wildman–Crippen MR) is 73.6 cm³/mol. The molecule has 1 aromatic carbocycles. The molecule has 0 unspecified atom stereocenters. The average molecular weight is 264 g/mol. The van der Waals surface area contributed by atoms with Crippen molar-refractivity contribution in [2.24, 2.45) is 0 Å². The first-order valence-electron chi connectivity index (χ1n) is 6.44. The minimum absolute atomic E-state index is 0.0693. The van der Waals surface area contributed by atoms with Crippen molar-refractivity contribution in [3.05, 3.63) is 24.3 Å². The molecule has 1 saturated heterocycles. The maximum absolute atomic E-state index is 12.2. The number of ether oxygens (including phenoxy) is 2. The van der Waals surface area contributed by atoms with E-state index in [2.05, 4.69) is 5.32 Å². The topological polar surface area (TPSA) is 50.8 Å². The molecule has 1 aliphatic rings. The standard InChI is InChI=1S/C14H20N2O3/c1-10-8-16(9-11(2)19-10)14(17)15-12-5-4-6-13(7-12)18-3/h4-7,10-11H,8-9H2,1-3H3,(H,15,17)/t10-,11+. The van der Waals surface area contributed by atoms with E-state index in [0.29, 0.717) is 13.1 Å². The fourth-order valence-electron chi connectivity index (χ4n) is 2.25. The van der Waals surface area contributed by atoms with Crippen LogP contribution in [0, 0.1) is 0 Å². The highest BCUT2D eigenvalue weighted by atomic mass is 16.5. The highest BCUT2D eigenvalue weighted by molar-refractivity contribution is 5.89. The molecule has 5 nitrogen and oxygen atoms in total. The third-order valence-electron chi connectivity index (χ3n) is 3.03. The third kappa shape index (κ3) is 3.61. The van der Waals surface area contributed by atoms with E-state index < -0.39 is 0 Å². The molecule has 0 spiro atoms. The number of hydrogen-bond donors (Lipinski definition) is 1. The molecule has 1 heterocycles. The molecular formula is C14H20N2O3. The Bertz CT molecular complexity index is 440. The summed E-state index contributed by atoms with van der Waals surface area (Å²) in [7, 11) is 1.60.